The Kier molecular flexibility index (Phi) is 1.90. The average Bonchev–Trinajstić information content (AvgIpc) is 2.72. The van der Waals surface area contributed by atoms with Crippen molar-refractivity contribution in [2.75, 3.05) is 18.8 Å². The molecule has 0 aromatic carbocycles. The molecule has 0 radical (unpaired) electrons. The molecule has 0 amide bonds. The van der Waals surface area contributed by atoms with E-state index in [1.807, 2.05) is 0 Å². The number of thioether (sulfide) groups is 1. The monoisotopic (exact) mass is 198 g/mol. The second-order valence-electron chi connectivity index (χ2n) is 4.69. The summed E-state index contributed by atoms with van der Waals surface area (Å²) in [6.07, 6.45) is 4.21. The second kappa shape index (κ2) is 2.88. The fraction of sp³-hybridized carbons (Fsp3) is 1.00. The molecule has 3 rings (SSSR count). The summed E-state index contributed by atoms with van der Waals surface area (Å²) in [5.74, 6) is 1.31. The Morgan fingerprint density at radius 2 is 2.38 bits per heavy atom. The molecule has 3 unspecified atom stereocenters. The van der Waals surface area contributed by atoms with Gasteiger partial charge in [-0.15, -0.1) is 11.8 Å². The molecule has 3 saturated heterocycles. The van der Waals surface area contributed by atoms with Gasteiger partial charge in [-0.2, -0.15) is 0 Å². The number of hydrogen-bond donors (Lipinski definition) is 1. The van der Waals surface area contributed by atoms with Crippen molar-refractivity contribution in [3.05, 3.63) is 0 Å². The molecule has 3 fully saturated rings. The van der Waals surface area contributed by atoms with Gasteiger partial charge in [0.05, 0.1) is 4.87 Å². The Labute approximate surface area is 84.4 Å². The van der Waals surface area contributed by atoms with E-state index >= 15 is 0 Å². The summed E-state index contributed by atoms with van der Waals surface area (Å²) in [6.45, 7) is 5.00. The molecule has 3 aliphatic rings. The summed E-state index contributed by atoms with van der Waals surface area (Å²) in [7, 11) is 0. The fourth-order valence-corrected chi connectivity index (χ4v) is 4.82. The SMILES string of the molecule is CC1CSC2(CCN3CCCC32)N1. The highest BCUT2D eigenvalue weighted by Crippen LogP contribution is 2.46. The minimum atomic E-state index is 0.454. The van der Waals surface area contributed by atoms with E-state index < -0.39 is 0 Å². The third-order valence-corrected chi connectivity index (χ3v) is 5.53. The van der Waals surface area contributed by atoms with Crippen molar-refractivity contribution >= 4 is 11.8 Å². The van der Waals surface area contributed by atoms with Gasteiger partial charge in [0.2, 0.25) is 0 Å². The number of fused-ring (bicyclic) bond motifs is 2. The molecule has 0 aromatic heterocycles. The third kappa shape index (κ3) is 1.17. The van der Waals surface area contributed by atoms with Crippen LogP contribution in [0.4, 0.5) is 0 Å². The standard InChI is InChI=1S/C10H18N2S/c1-8-7-13-10(11-8)4-6-12-5-2-3-9(10)12/h8-9,11H,2-7H2,1H3. The molecule has 0 aromatic rings. The van der Waals surface area contributed by atoms with E-state index in [1.165, 1.54) is 38.1 Å². The van der Waals surface area contributed by atoms with Crippen molar-refractivity contribution < 1.29 is 0 Å². The van der Waals surface area contributed by atoms with Gasteiger partial charge in [0.1, 0.15) is 0 Å². The summed E-state index contributed by atoms with van der Waals surface area (Å²) in [6, 6.07) is 1.58. The Balaban J connectivity index is 1.83. The molecule has 3 atom stereocenters. The number of rotatable bonds is 0. The second-order valence-corrected chi connectivity index (χ2v) is 6.04. The molecule has 3 aliphatic heterocycles. The maximum atomic E-state index is 3.82. The van der Waals surface area contributed by atoms with Crippen LogP contribution in [0, 0.1) is 0 Å². The molecule has 1 N–H and O–H groups in total. The fourth-order valence-electron chi connectivity index (χ4n) is 3.21. The highest BCUT2D eigenvalue weighted by atomic mass is 32.2. The smallest absolute Gasteiger partial charge is 0.0817 e. The lowest BCUT2D eigenvalue weighted by molar-refractivity contribution is 0.285. The largest absolute Gasteiger partial charge is 0.298 e. The van der Waals surface area contributed by atoms with Gasteiger partial charge in [-0.1, -0.05) is 0 Å². The lowest BCUT2D eigenvalue weighted by Crippen LogP contribution is -2.48. The number of nitrogens with one attached hydrogen (secondary N) is 1. The Hall–Kier alpha value is 0.270. The number of nitrogens with zero attached hydrogens (tertiary/aromatic N) is 1. The molecular formula is C10H18N2S. The van der Waals surface area contributed by atoms with Crippen molar-refractivity contribution in [1.29, 1.82) is 0 Å². The topological polar surface area (TPSA) is 15.3 Å². The van der Waals surface area contributed by atoms with Gasteiger partial charge in [-0.3, -0.25) is 10.2 Å². The molecule has 0 bridgehead atoms. The van der Waals surface area contributed by atoms with Crippen LogP contribution in [0.2, 0.25) is 0 Å². The molecule has 2 nitrogen and oxygen atoms in total. The molecule has 0 saturated carbocycles. The van der Waals surface area contributed by atoms with Crippen LogP contribution in [0.1, 0.15) is 26.2 Å². The van der Waals surface area contributed by atoms with Gasteiger partial charge in [-0.05, 0) is 32.7 Å². The molecule has 1 spiro atoms. The Bertz CT molecular complexity index is 217. The van der Waals surface area contributed by atoms with Crippen LogP contribution in [0.25, 0.3) is 0 Å². The average molecular weight is 198 g/mol. The van der Waals surface area contributed by atoms with Crippen LogP contribution in [0.3, 0.4) is 0 Å². The maximum Gasteiger partial charge on any atom is 0.0817 e. The van der Waals surface area contributed by atoms with Crippen molar-refractivity contribution in [3.63, 3.8) is 0 Å². The first-order valence-corrected chi connectivity index (χ1v) is 6.44. The molecule has 3 heterocycles. The van der Waals surface area contributed by atoms with Crippen LogP contribution in [-0.2, 0) is 0 Å². The zero-order valence-corrected chi connectivity index (χ0v) is 9.07. The van der Waals surface area contributed by atoms with Gasteiger partial charge in [-0.25, -0.2) is 0 Å². The quantitative estimate of drug-likeness (QED) is 0.631. The highest BCUT2D eigenvalue weighted by molar-refractivity contribution is 8.01. The molecule has 13 heavy (non-hydrogen) atoms. The van der Waals surface area contributed by atoms with Gasteiger partial charge in [0, 0.05) is 24.4 Å². The van der Waals surface area contributed by atoms with Gasteiger partial charge < -0.3 is 0 Å². The zero-order chi connectivity index (χ0) is 8.89. The summed E-state index contributed by atoms with van der Waals surface area (Å²) in [4.78, 5) is 3.15. The zero-order valence-electron chi connectivity index (χ0n) is 8.25. The number of hydrogen-bond acceptors (Lipinski definition) is 3. The first-order valence-electron chi connectivity index (χ1n) is 5.46. The van der Waals surface area contributed by atoms with E-state index in [0.717, 1.165) is 12.1 Å². The third-order valence-electron chi connectivity index (χ3n) is 3.75. The van der Waals surface area contributed by atoms with Crippen molar-refractivity contribution in [2.24, 2.45) is 0 Å². The van der Waals surface area contributed by atoms with Crippen LogP contribution in [0.5, 0.6) is 0 Å². The molecular weight excluding hydrogens is 180 g/mol. The minimum Gasteiger partial charge on any atom is -0.298 e. The van der Waals surface area contributed by atoms with E-state index in [1.54, 1.807) is 0 Å². The first kappa shape index (κ1) is 8.57. The normalized spacial score (nSPS) is 50.5. The lowest BCUT2D eigenvalue weighted by atomic mass is 10.1. The predicted molar refractivity (Wildman–Crippen MR) is 57.0 cm³/mol. The lowest BCUT2D eigenvalue weighted by Gasteiger charge is -2.30. The summed E-state index contributed by atoms with van der Waals surface area (Å²) in [5.41, 5.74) is 0. The van der Waals surface area contributed by atoms with Crippen LogP contribution in [0.15, 0.2) is 0 Å². The summed E-state index contributed by atoms with van der Waals surface area (Å²) < 4.78 is 0. The van der Waals surface area contributed by atoms with E-state index in [0.29, 0.717) is 4.87 Å². The van der Waals surface area contributed by atoms with E-state index in [2.05, 4.69) is 28.9 Å². The Morgan fingerprint density at radius 3 is 3.15 bits per heavy atom. The van der Waals surface area contributed by atoms with Crippen molar-refractivity contribution in [3.8, 4) is 0 Å². The van der Waals surface area contributed by atoms with Crippen LogP contribution < -0.4 is 5.32 Å². The molecule has 74 valence electrons. The van der Waals surface area contributed by atoms with Gasteiger partial charge >= 0.3 is 0 Å². The van der Waals surface area contributed by atoms with Crippen LogP contribution >= 0.6 is 11.8 Å². The molecule has 3 heteroatoms. The molecule has 0 aliphatic carbocycles. The van der Waals surface area contributed by atoms with Crippen LogP contribution in [-0.4, -0.2) is 40.7 Å². The van der Waals surface area contributed by atoms with Gasteiger partial charge in [0.15, 0.2) is 0 Å². The van der Waals surface area contributed by atoms with Crippen molar-refractivity contribution in [2.45, 2.75) is 43.1 Å². The first-order chi connectivity index (χ1) is 6.30. The highest BCUT2D eigenvalue weighted by Gasteiger charge is 2.52. The van der Waals surface area contributed by atoms with Gasteiger partial charge in [0.25, 0.3) is 0 Å². The predicted octanol–water partition coefficient (Wildman–Crippen LogP) is 1.28. The van der Waals surface area contributed by atoms with Crippen molar-refractivity contribution in [1.82, 2.24) is 10.2 Å². The van der Waals surface area contributed by atoms with E-state index in [-0.39, 0.29) is 0 Å². The van der Waals surface area contributed by atoms with E-state index in [4.69, 9.17) is 0 Å². The van der Waals surface area contributed by atoms with E-state index in [9.17, 15) is 0 Å². The summed E-state index contributed by atoms with van der Waals surface area (Å²) >= 11 is 2.18. The summed E-state index contributed by atoms with van der Waals surface area (Å²) in [5, 5.41) is 3.82. The minimum absolute atomic E-state index is 0.454. The Morgan fingerprint density at radius 1 is 1.46 bits per heavy atom. The maximum absolute atomic E-state index is 3.82.